The van der Waals surface area contributed by atoms with Crippen LogP contribution in [0.4, 0.5) is 0 Å². The number of nitrogens with one attached hydrogen (secondary N) is 1. The fourth-order valence-electron chi connectivity index (χ4n) is 1.38. The van der Waals surface area contributed by atoms with Crippen LogP contribution in [0.25, 0.3) is 0 Å². The van der Waals surface area contributed by atoms with Crippen molar-refractivity contribution in [2.24, 2.45) is 5.73 Å². The lowest BCUT2D eigenvalue weighted by atomic mass is 10.3. The Morgan fingerprint density at radius 1 is 1.54 bits per heavy atom. The average molecular weight is 184 g/mol. The minimum Gasteiger partial charge on any atom is -0.402 e. The van der Waals surface area contributed by atoms with Crippen molar-refractivity contribution in [1.82, 2.24) is 5.48 Å². The van der Waals surface area contributed by atoms with E-state index in [1.54, 1.807) is 6.92 Å². The largest absolute Gasteiger partial charge is 0.402 e. The van der Waals surface area contributed by atoms with Crippen molar-refractivity contribution >= 4 is 5.91 Å². The molecular formula is C9H16N2O2. The monoisotopic (exact) mass is 184 g/mol. The summed E-state index contributed by atoms with van der Waals surface area (Å²) in [6.45, 7) is 1.66. The molecule has 0 aromatic rings. The lowest BCUT2D eigenvalue weighted by Gasteiger charge is -2.09. The van der Waals surface area contributed by atoms with Crippen molar-refractivity contribution in [2.75, 3.05) is 0 Å². The molecule has 1 rings (SSSR count). The van der Waals surface area contributed by atoms with E-state index >= 15 is 0 Å². The SMILES string of the molecule is C/C(N)=C\C(=O)NOC1CCCC1. The summed E-state index contributed by atoms with van der Waals surface area (Å²) in [5, 5.41) is 0. The van der Waals surface area contributed by atoms with Gasteiger partial charge in [-0.1, -0.05) is 12.8 Å². The Morgan fingerprint density at radius 3 is 2.69 bits per heavy atom. The minimum absolute atomic E-state index is 0.190. The molecule has 0 atom stereocenters. The van der Waals surface area contributed by atoms with E-state index in [-0.39, 0.29) is 12.0 Å². The van der Waals surface area contributed by atoms with E-state index < -0.39 is 0 Å². The first-order valence-corrected chi connectivity index (χ1v) is 4.58. The van der Waals surface area contributed by atoms with Gasteiger partial charge in [0.2, 0.25) is 0 Å². The second kappa shape index (κ2) is 4.87. The second-order valence-corrected chi connectivity index (χ2v) is 3.38. The number of allylic oxidation sites excluding steroid dienone is 1. The predicted molar refractivity (Wildman–Crippen MR) is 49.4 cm³/mol. The third-order valence-corrected chi connectivity index (χ3v) is 1.99. The Labute approximate surface area is 78.1 Å². The first-order valence-electron chi connectivity index (χ1n) is 4.58. The molecule has 0 spiro atoms. The highest BCUT2D eigenvalue weighted by Crippen LogP contribution is 2.19. The van der Waals surface area contributed by atoms with Crippen molar-refractivity contribution in [3.05, 3.63) is 11.8 Å². The van der Waals surface area contributed by atoms with Crippen LogP contribution in [0, 0.1) is 0 Å². The summed E-state index contributed by atoms with van der Waals surface area (Å²) in [5.74, 6) is -0.285. The van der Waals surface area contributed by atoms with Crippen molar-refractivity contribution in [1.29, 1.82) is 0 Å². The van der Waals surface area contributed by atoms with E-state index in [0.717, 1.165) is 12.8 Å². The van der Waals surface area contributed by atoms with Gasteiger partial charge in [-0.2, -0.15) is 0 Å². The van der Waals surface area contributed by atoms with E-state index in [9.17, 15) is 4.79 Å². The van der Waals surface area contributed by atoms with Gasteiger partial charge in [0, 0.05) is 11.8 Å². The van der Waals surface area contributed by atoms with Crippen molar-refractivity contribution in [3.8, 4) is 0 Å². The van der Waals surface area contributed by atoms with Crippen LogP contribution < -0.4 is 11.2 Å². The second-order valence-electron chi connectivity index (χ2n) is 3.38. The first kappa shape index (κ1) is 10.1. The fraction of sp³-hybridized carbons (Fsp3) is 0.667. The van der Waals surface area contributed by atoms with Gasteiger partial charge in [0.1, 0.15) is 0 Å². The molecule has 1 amide bonds. The predicted octanol–water partition coefficient (Wildman–Crippen LogP) is 0.839. The molecule has 0 aromatic heterocycles. The van der Waals surface area contributed by atoms with Gasteiger partial charge in [-0.3, -0.25) is 9.63 Å². The number of amides is 1. The standard InChI is InChI=1S/C9H16N2O2/c1-7(10)6-9(12)11-13-8-4-2-3-5-8/h6,8H,2-5,10H2,1H3,(H,11,12)/b7-6+. The summed E-state index contributed by atoms with van der Waals surface area (Å²) in [4.78, 5) is 16.2. The van der Waals surface area contributed by atoms with Gasteiger partial charge in [0.15, 0.2) is 0 Å². The highest BCUT2D eigenvalue weighted by Gasteiger charge is 2.16. The molecule has 4 nitrogen and oxygen atoms in total. The molecule has 1 aliphatic rings. The summed E-state index contributed by atoms with van der Waals surface area (Å²) in [7, 11) is 0. The molecule has 4 heteroatoms. The van der Waals surface area contributed by atoms with Gasteiger partial charge >= 0.3 is 0 Å². The van der Waals surface area contributed by atoms with Crippen molar-refractivity contribution in [2.45, 2.75) is 38.7 Å². The molecule has 0 heterocycles. The molecule has 1 fully saturated rings. The zero-order valence-electron chi connectivity index (χ0n) is 7.88. The molecule has 1 aliphatic carbocycles. The number of hydrogen-bond acceptors (Lipinski definition) is 3. The van der Waals surface area contributed by atoms with Gasteiger partial charge in [-0.05, 0) is 19.8 Å². The zero-order valence-corrected chi connectivity index (χ0v) is 7.88. The Hall–Kier alpha value is -1.03. The van der Waals surface area contributed by atoms with E-state index in [0.29, 0.717) is 5.70 Å². The third-order valence-electron chi connectivity index (χ3n) is 1.99. The maximum Gasteiger partial charge on any atom is 0.269 e. The molecule has 0 unspecified atom stereocenters. The number of carbonyl (C=O) groups is 1. The molecule has 13 heavy (non-hydrogen) atoms. The summed E-state index contributed by atoms with van der Waals surface area (Å²) in [6, 6.07) is 0. The van der Waals surface area contributed by atoms with Crippen molar-refractivity contribution in [3.63, 3.8) is 0 Å². The van der Waals surface area contributed by atoms with Gasteiger partial charge in [-0.15, -0.1) is 0 Å². The number of hydroxylamine groups is 1. The quantitative estimate of drug-likeness (QED) is 0.504. The van der Waals surface area contributed by atoms with Gasteiger partial charge in [0.25, 0.3) is 5.91 Å². The summed E-state index contributed by atoms with van der Waals surface area (Å²) >= 11 is 0. The normalized spacial score (nSPS) is 19.0. The number of nitrogens with two attached hydrogens (primary N) is 1. The van der Waals surface area contributed by atoms with E-state index in [4.69, 9.17) is 10.6 Å². The summed E-state index contributed by atoms with van der Waals surface area (Å²) in [6.07, 6.45) is 5.94. The van der Waals surface area contributed by atoms with Crippen LogP contribution in [-0.2, 0) is 9.63 Å². The van der Waals surface area contributed by atoms with Crippen LogP contribution in [0.5, 0.6) is 0 Å². The molecule has 0 aromatic carbocycles. The molecule has 1 saturated carbocycles. The molecule has 3 N–H and O–H groups in total. The van der Waals surface area contributed by atoms with E-state index in [1.165, 1.54) is 18.9 Å². The molecule has 0 bridgehead atoms. The maximum absolute atomic E-state index is 11.0. The van der Waals surface area contributed by atoms with Crippen LogP contribution in [0.3, 0.4) is 0 Å². The maximum atomic E-state index is 11.0. The smallest absolute Gasteiger partial charge is 0.269 e. The van der Waals surface area contributed by atoms with Crippen LogP contribution in [0.2, 0.25) is 0 Å². The van der Waals surface area contributed by atoms with Gasteiger partial charge in [0.05, 0.1) is 6.10 Å². The highest BCUT2D eigenvalue weighted by atomic mass is 16.7. The Morgan fingerprint density at radius 2 is 2.15 bits per heavy atom. The molecule has 74 valence electrons. The molecular weight excluding hydrogens is 168 g/mol. The molecule has 0 saturated heterocycles. The Kier molecular flexibility index (Phi) is 3.76. The third kappa shape index (κ3) is 3.94. The first-order chi connectivity index (χ1) is 6.18. The van der Waals surface area contributed by atoms with E-state index in [1.807, 2.05) is 0 Å². The van der Waals surface area contributed by atoms with Crippen LogP contribution in [0.15, 0.2) is 11.8 Å². The van der Waals surface area contributed by atoms with Gasteiger partial charge in [-0.25, -0.2) is 5.48 Å². The Balaban J connectivity index is 2.18. The topological polar surface area (TPSA) is 64.4 Å². The van der Waals surface area contributed by atoms with Crippen LogP contribution in [0.1, 0.15) is 32.6 Å². The minimum atomic E-state index is -0.285. The summed E-state index contributed by atoms with van der Waals surface area (Å²) < 4.78 is 0. The number of hydrogen-bond donors (Lipinski definition) is 2. The lowest BCUT2D eigenvalue weighted by Crippen LogP contribution is -2.27. The lowest BCUT2D eigenvalue weighted by molar-refractivity contribution is -0.133. The average Bonchev–Trinajstić information content (AvgIpc) is 2.51. The molecule has 0 radical (unpaired) electrons. The van der Waals surface area contributed by atoms with E-state index in [2.05, 4.69) is 5.48 Å². The highest BCUT2D eigenvalue weighted by molar-refractivity contribution is 5.87. The van der Waals surface area contributed by atoms with Crippen LogP contribution >= 0.6 is 0 Å². The van der Waals surface area contributed by atoms with Crippen molar-refractivity contribution < 1.29 is 9.63 Å². The number of carbonyl (C=O) groups excluding carboxylic acids is 1. The van der Waals surface area contributed by atoms with Gasteiger partial charge < -0.3 is 5.73 Å². The summed E-state index contributed by atoms with van der Waals surface area (Å²) in [5.41, 5.74) is 8.16. The fourth-order valence-corrected chi connectivity index (χ4v) is 1.38. The Bertz CT molecular complexity index is 204. The molecule has 0 aliphatic heterocycles. The van der Waals surface area contributed by atoms with Crippen LogP contribution in [-0.4, -0.2) is 12.0 Å². The number of rotatable bonds is 3. The zero-order chi connectivity index (χ0) is 9.68.